The van der Waals surface area contributed by atoms with E-state index in [1.54, 1.807) is 23.7 Å². The Morgan fingerprint density at radius 1 is 1.27 bits per heavy atom. The van der Waals surface area contributed by atoms with Crippen LogP contribution in [-0.4, -0.2) is 37.4 Å². The number of halogens is 2. The normalized spacial score (nSPS) is 17.0. The van der Waals surface area contributed by atoms with Crippen LogP contribution in [0.3, 0.4) is 0 Å². The van der Waals surface area contributed by atoms with Gasteiger partial charge in [0.15, 0.2) is 0 Å². The number of anilines is 1. The van der Waals surface area contributed by atoms with Crippen molar-refractivity contribution in [1.82, 2.24) is 0 Å². The van der Waals surface area contributed by atoms with Crippen LogP contribution in [0.1, 0.15) is 55.1 Å². The molecular formula is C23H30Cl2NO5PS. The molecule has 182 valence electrons. The molecule has 10 heteroatoms. The first kappa shape index (κ1) is 26.5. The minimum absolute atomic E-state index is 0.136. The Morgan fingerprint density at radius 3 is 2.48 bits per heavy atom. The average Bonchev–Trinajstić information content (AvgIpc) is 3.18. The summed E-state index contributed by atoms with van der Waals surface area (Å²) >= 11 is 13.8. The predicted molar refractivity (Wildman–Crippen MR) is 136 cm³/mol. The molecule has 1 aromatic carbocycles. The van der Waals surface area contributed by atoms with Gasteiger partial charge >= 0.3 is 13.5 Å². The summed E-state index contributed by atoms with van der Waals surface area (Å²) < 4.78 is 27.8. The van der Waals surface area contributed by atoms with Crippen molar-refractivity contribution in [2.45, 2.75) is 46.0 Å². The van der Waals surface area contributed by atoms with Crippen LogP contribution < -0.4 is 9.97 Å². The smallest absolute Gasteiger partial charge is 0.348 e. The Bertz CT molecular complexity index is 1050. The summed E-state index contributed by atoms with van der Waals surface area (Å²) in [5, 5.41) is 11.0. The first-order valence-corrected chi connectivity index (χ1v) is 14.1. The Kier molecular flexibility index (Phi) is 8.58. The Morgan fingerprint density at radius 2 is 1.94 bits per heavy atom. The van der Waals surface area contributed by atoms with Gasteiger partial charge in [0.05, 0.1) is 22.6 Å². The molecule has 1 fully saturated rings. The highest BCUT2D eigenvalue weighted by atomic mass is 35.5. The van der Waals surface area contributed by atoms with E-state index in [0.717, 1.165) is 17.7 Å². The number of hydrogen-bond acceptors (Lipinski definition) is 5. The molecule has 2 aromatic rings. The van der Waals surface area contributed by atoms with Crippen LogP contribution in [0.25, 0.3) is 0 Å². The van der Waals surface area contributed by atoms with E-state index in [0.29, 0.717) is 35.8 Å². The summed E-state index contributed by atoms with van der Waals surface area (Å²) in [6, 6.07) is 6.59. The number of thiophene rings is 1. The van der Waals surface area contributed by atoms with Crippen molar-refractivity contribution in [2.75, 3.05) is 31.0 Å². The maximum atomic E-state index is 14.7. The molecule has 2 heterocycles. The van der Waals surface area contributed by atoms with Gasteiger partial charge in [0, 0.05) is 29.7 Å². The number of ether oxygens (including phenoxy) is 1. The molecule has 6 nitrogen and oxygen atoms in total. The fourth-order valence-electron chi connectivity index (χ4n) is 3.77. The van der Waals surface area contributed by atoms with Crippen LogP contribution in [0.15, 0.2) is 24.3 Å². The molecule has 1 N–H and O–H groups in total. The van der Waals surface area contributed by atoms with Crippen LogP contribution in [0.2, 0.25) is 10.0 Å². The van der Waals surface area contributed by atoms with Crippen molar-refractivity contribution in [1.29, 1.82) is 0 Å². The van der Waals surface area contributed by atoms with Crippen LogP contribution >= 0.6 is 42.1 Å². The van der Waals surface area contributed by atoms with Gasteiger partial charge in [0.2, 0.25) is 0 Å². The molecule has 33 heavy (non-hydrogen) atoms. The molecule has 0 amide bonds. The lowest BCUT2D eigenvalue weighted by molar-refractivity contribution is 0.0683. The zero-order valence-electron chi connectivity index (χ0n) is 19.3. The molecule has 0 bridgehead atoms. The third-order valence-electron chi connectivity index (χ3n) is 5.53. The van der Waals surface area contributed by atoms with Gasteiger partial charge in [0.1, 0.15) is 4.88 Å². The second kappa shape index (κ2) is 10.7. The lowest BCUT2D eigenvalue weighted by Crippen LogP contribution is -2.35. The minimum Gasteiger partial charge on any atom is -0.477 e. The van der Waals surface area contributed by atoms with Gasteiger partial charge in [-0.05, 0) is 55.4 Å². The fraction of sp³-hybridized carbons (Fsp3) is 0.522. The van der Waals surface area contributed by atoms with E-state index < -0.39 is 13.5 Å². The average molecular weight is 534 g/mol. The summed E-state index contributed by atoms with van der Waals surface area (Å²) in [6.07, 6.45) is 1.57. The van der Waals surface area contributed by atoms with Gasteiger partial charge in [-0.2, -0.15) is 0 Å². The molecule has 1 unspecified atom stereocenters. The molecule has 3 rings (SSSR count). The van der Waals surface area contributed by atoms with E-state index in [1.165, 1.54) is 17.4 Å². The molecule has 0 radical (unpaired) electrons. The second-order valence-electron chi connectivity index (χ2n) is 9.05. The maximum absolute atomic E-state index is 14.7. The van der Waals surface area contributed by atoms with E-state index in [1.807, 2.05) is 26.8 Å². The summed E-state index contributed by atoms with van der Waals surface area (Å²) in [5.74, 6) is -0.897. The number of carboxylic acid groups (broad SMARTS) is 1. The van der Waals surface area contributed by atoms with Gasteiger partial charge in [-0.3, -0.25) is 9.24 Å². The SMILES string of the molecule is CCOP(=O)(c1ccc(Cl)cc1Cl)N(CC1CCOCC1)c1cc(C(C)(C)C)sc1C(=O)O. The van der Waals surface area contributed by atoms with Crippen molar-refractivity contribution in [3.8, 4) is 0 Å². The Balaban J connectivity index is 2.23. The Hall–Kier alpha value is -1.08. The van der Waals surface area contributed by atoms with Crippen molar-refractivity contribution < 1.29 is 23.7 Å². The number of nitrogens with zero attached hydrogens (tertiary/aromatic N) is 1. The van der Waals surface area contributed by atoms with Crippen molar-refractivity contribution in [3.63, 3.8) is 0 Å². The molecule has 1 atom stereocenters. The number of aromatic carboxylic acids is 1. The second-order valence-corrected chi connectivity index (χ2v) is 13.2. The highest BCUT2D eigenvalue weighted by Gasteiger charge is 2.41. The third kappa shape index (κ3) is 5.95. The van der Waals surface area contributed by atoms with E-state index in [2.05, 4.69) is 0 Å². The number of rotatable bonds is 8. The molecular weight excluding hydrogens is 504 g/mol. The van der Waals surface area contributed by atoms with Crippen LogP contribution in [0.5, 0.6) is 0 Å². The standard InChI is InChI=1S/C23H30Cl2NO5PS/c1-5-31-32(29,19-7-6-16(24)12-17(19)25)26(14-15-8-10-30-11-9-15)18-13-20(23(2,3)4)33-21(18)22(27)28/h6-7,12-13,15H,5,8-11,14H2,1-4H3,(H,27,28). The largest absolute Gasteiger partial charge is 0.477 e. The quantitative estimate of drug-likeness (QED) is 0.374. The summed E-state index contributed by atoms with van der Waals surface area (Å²) in [7, 11) is -3.79. The summed E-state index contributed by atoms with van der Waals surface area (Å²) in [5.41, 5.74) is 0.122. The lowest BCUT2D eigenvalue weighted by Gasteiger charge is -2.36. The monoisotopic (exact) mass is 533 g/mol. The van der Waals surface area contributed by atoms with Gasteiger partial charge < -0.3 is 14.4 Å². The van der Waals surface area contributed by atoms with E-state index >= 15 is 0 Å². The van der Waals surface area contributed by atoms with Gasteiger partial charge in [-0.25, -0.2) is 4.79 Å². The van der Waals surface area contributed by atoms with Gasteiger partial charge in [-0.15, -0.1) is 11.3 Å². The van der Waals surface area contributed by atoms with Crippen molar-refractivity contribution in [2.24, 2.45) is 5.92 Å². The number of carbonyl (C=O) groups is 1. The topological polar surface area (TPSA) is 76.1 Å². The number of benzene rings is 1. The number of hydrogen-bond donors (Lipinski definition) is 1. The van der Waals surface area contributed by atoms with Crippen molar-refractivity contribution >= 4 is 59.0 Å². The molecule has 0 aliphatic carbocycles. The molecule has 1 saturated heterocycles. The fourth-order valence-corrected chi connectivity index (χ4v) is 8.00. The van der Waals surface area contributed by atoms with E-state index in [9.17, 15) is 14.5 Å². The highest BCUT2D eigenvalue weighted by Crippen LogP contribution is 2.56. The third-order valence-corrected chi connectivity index (χ3v) is 10.4. The maximum Gasteiger partial charge on any atom is 0.348 e. The molecule has 0 saturated carbocycles. The van der Waals surface area contributed by atoms with Gasteiger partial charge in [-0.1, -0.05) is 44.0 Å². The van der Waals surface area contributed by atoms with Crippen molar-refractivity contribution in [3.05, 3.63) is 44.1 Å². The predicted octanol–water partition coefficient (Wildman–Crippen LogP) is 6.84. The Labute approximate surface area is 209 Å². The first-order valence-electron chi connectivity index (χ1n) is 10.9. The van der Waals surface area contributed by atoms with E-state index in [4.69, 9.17) is 32.5 Å². The first-order chi connectivity index (χ1) is 15.5. The minimum atomic E-state index is -3.79. The molecule has 0 spiro atoms. The lowest BCUT2D eigenvalue weighted by atomic mass is 9.94. The van der Waals surface area contributed by atoms with Gasteiger partial charge in [0.25, 0.3) is 0 Å². The summed E-state index contributed by atoms with van der Waals surface area (Å²) in [4.78, 5) is 13.3. The molecule has 1 aromatic heterocycles. The van der Waals surface area contributed by atoms with E-state index in [-0.39, 0.29) is 27.8 Å². The molecule has 1 aliphatic rings. The van der Waals surface area contributed by atoms with Crippen LogP contribution in [-0.2, 0) is 19.2 Å². The zero-order chi connectivity index (χ0) is 24.4. The van der Waals surface area contributed by atoms with Crippen LogP contribution in [0, 0.1) is 5.92 Å². The zero-order valence-corrected chi connectivity index (χ0v) is 22.5. The summed E-state index contributed by atoms with van der Waals surface area (Å²) in [6.45, 7) is 9.58. The van der Waals surface area contributed by atoms with Crippen LogP contribution in [0.4, 0.5) is 5.69 Å². The highest BCUT2D eigenvalue weighted by molar-refractivity contribution is 7.68. The molecule has 1 aliphatic heterocycles. The number of carboxylic acids is 1.